The van der Waals surface area contributed by atoms with Gasteiger partial charge in [-0.05, 0) is 6.08 Å². The minimum atomic E-state index is -4.79. The van der Waals surface area contributed by atoms with Crippen molar-refractivity contribution < 1.29 is 36.4 Å². The van der Waals surface area contributed by atoms with E-state index in [2.05, 4.69) is 4.74 Å². The van der Waals surface area contributed by atoms with E-state index in [0.717, 1.165) is 13.8 Å². The van der Waals surface area contributed by atoms with Crippen LogP contribution in [0, 0.1) is 0 Å². The van der Waals surface area contributed by atoms with Gasteiger partial charge >= 0.3 is 18.1 Å². The molecule has 0 spiro atoms. The van der Waals surface area contributed by atoms with E-state index in [-0.39, 0.29) is 0 Å². The molecule has 0 aromatic carbocycles. The van der Waals surface area contributed by atoms with E-state index < -0.39 is 51.8 Å². The SMILES string of the molecule is CC(=O)O[C@H]1CS(=O)C(C(F)(F)F)=C[C@H]1OC(C)=O. The number of esters is 2. The lowest BCUT2D eigenvalue weighted by molar-refractivity contribution is -0.160. The molecule has 9 heteroatoms. The van der Waals surface area contributed by atoms with Gasteiger partial charge < -0.3 is 9.47 Å². The summed E-state index contributed by atoms with van der Waals surface area (Å²) in [6.07, 6.45) is -6.84. The van der Waals surface area contributed by atoms with Crippen LogP contribution < -0.4 is 0 Å². The van der Waals surface area contributed by atoms with Crippen molar-refractivity contribution in [2.75, 3.05) is 5.75 Å². The van der Waals surface area contributed by atoms with Gasteiger partial charge in [0.15, 0.2) is 12.2 Å². The first-order valence-corrected chi connectivity index (χ1v) is 6.45. The zero-order valence-electron chi connectivity index (χ0n) is 10.0. The fourth-order valence-electron chi connectivity index (χ4n) is 1.51. The Morgan fingerprint density at radius 3 is 2.21 bits per heavy atom. The molecule has 0 aromatic rings. The Labute approximate surface area is 109 Å². The highest BCUT2D eigenvalue weighted by Gasteiger charge is 2.44. The Morgan fingerprint density at radius 1 is 1.26 bits per heavy atom. The summed E-state index contributed by atoms with van der Waals surface area (Å²) in [5.74, 6) is -2.15. The number of carbonyl (C=O) groups is 2. The van der Waals surface area contributed by atoms with Crippen molar-refractivity contribution in [1.82, 2.24) is 0 Å². The van der Waals surface area contributed by atoms with Gasteiger partial charge in [0.2, 0.25) is 0 Å². The van der Waals surface area contributed by atoms with E-state index in [9.17, 15) is 27.0 Å². The number of carbonyl (C=O) groups excluding carboxylic acids is 2. The lowest BCUT2D eigenvalue weighted by Gasteiger charge is -2.29. The molecular weight excluding hydrogens is 289 g/mol. The van der Waals surface area contributed by atoms with Crippen molar-refractivity contribution in [2.45, 2.75) is 32.2 Å². The maximum absolute atomic E-state index is 12.6. The molecule has 0 fully saturated rings. The largest absolute Gasteiger partial charge is 0.457 e. The van der Waals surface area contributed by atoms with E-state index >= 15 is 0 Å². The Kier molecular flexibility index (Phi) is 4.72. The van der Waals surface area contributed by atoms with Crippen molar-refractivity contribution in [2.24, 2.45) is 0 Å². The molecule has 0 saturated carbocycles. The van der Waals surface area contributed by atoms with Crippen molar-refractivity contribution in [3.8, 4) is 0 Å². The number of hydrogen-bond donors (Lipinski definition) is 0. The molecule has 1 aliphatic rings. The first kappa shape index (κ1) is 15.7. The monoisotopic (exact) mass is 300 g/mol. The topological polar surface area (TPSA) is 69.7 Å². The van der Waals surface area contributed by atoms with Gasteiger partial charge in [0, 0.05) is 13.8 Å². The van der Waals surface area contributed by atoms with Crippen LogP contribution in [0.15, 0.2) is 11.0 Å². The predicted molar refractivity (Wildman–Crippen MR) is 58.3 cm³/mol. The van der Waals surface area contributed by atoms with Crippen LogP contribution in [0.5, 0.6) is 0 Å². The molecule has 5 nitrogen and oxygen atoms in total. The van der Waals surface area contributed by atoms with Crippen LogP contribution in [0.4, 0.5) is 13.2 Å². The molecular formula is C10H11F3O5S. The Hall–Kier alpha value is -1.38. The van der Waals surface area contributed by atoms with Crippen LogP contribution in [0.2, 0.25) is 0 Å². The molecule has 0 radical (unpaired) electrons. The molecule has 0 aliphatic carbocycles. The lowest BCUT2D eigenvalue weighted by Crippen LogP contribution is -2.42. The zero-order valence-corrected chi connectivity index (χ0v) is 10.8. The molecule has 3 atom stereocenters. The number of alkyl halides is 3. The minimum absolute atomic E-state index is 0.522. The van der Waals surface area contributed by atoms with Crippen molar-refractivity contribution in [3.63, 3.8) is 0 Å². The molecule has 0 amide bonds. The Bertz CT molecular complexity index is 443. The molecule has 1 aliphatic heterocycles. The zero-order chi connectivity index (χ0) is 14.8. The van der Waals surface area contributed by atoms with Crippen LogP contribution >= 0.6 is 0 Å². The normalized spacial score (nSPS) is 27.4. The first-order valence-electron chi connectivity index (χ1n) is 5.13. The summed E-state index contributed by atoms with van der Waals surface area (Å²) in [6.45, 7) is 2.06. The van der Waals surface area contributed by atoms with Crippen LogP contribution in [-0.2, 0) is 29.9 Å². The molecule has 108 valence electrons. The highest BCUT2D eigenvalue weighted by Crippen LogP contribution is 2.33. The van der Waals surface area contributed by atoms with E-state index in [1.807, 2.05) is 0 Å². The molecule has 0 bridgehead atoms. The predicted octanol–water partition coefficient (Wildman–Crippen LogP) is 1.06. The molecule has 0 aromatic heterocycles. The van der Waals surface area contributed by atoms with Gasteiger partial charge in [-0.15, -0.1) is 0 Å². The summed E-state index contributed by atoms with van der Waals surface area (Å²) in [5, 5.41) is 0. The third kappa shape index (κ3) is 4.34. The summed E-state index contributed by atoms with van der Waals surface area (Å²) in [4.78, 5) is 20.4. The highest BCUT2D eigenvalue weighted by molar-refractivity contribution is 7.89. The maximum atomic E-state index is 12.6. The average molecular weight is 300 g/mol. The second kappa shape index (κ2) is 5.72. The van der Waals surface area contributed by atoms with Gasteiger partial charge in [-0.1, -0.05) is 0 Å². The molecule has 1 rings (SSSR count). The number of halogens is 3. The average Bonchev–Trinajstić information content (AvgIpc) is 2.18. The van der Waals surface area contributed by atoms with Crippen LogP contribution in [0.1, 0.15) is 13.8 Å². The first-order chi connectivity index (χ1) is 8.61. The molecule has 0 saturated heterocycles. The van der Waals surface area contributed by atoms with E-state index in [1.165, 1.54) is 0 Å². The highest BCUT2D eigenvalue weighted by atomic mass is 32.2. The second-order valence-electron chi connectivity index (χ2n) is 3.76. The number of hydrogen-bond acceptors (Lipinski definition) is 5. The van der Waals surface area contributed by atoms with E-state index in [0.29, 0.717) is 6.08 Å². The van der Waals surface area contributed by atoms with Gasteiger partial charge in [0.25, 0.3) is 0 Å². The molecule has 1 unspecified atom stereocenters. The molecule has 19 heavy (non-hydrogen) atoms. The van der Waals surface area contributed by atoms with Gasteiger partial charge in [-0.25, -0.2) is 0 Å². The Balaban J connectivity index is 3.06. The fraction of sp³-hybridized carbons (Fsp3) is 0.600. The number of allylic oxidation sites excluding steroid dienone is 1. The van der Waals surface area contributed by atoms with Crippen LogP contribution in [0.25, 0.3) is 0 Å². The van der Waals surface area contributed by atoms with Crippen molar-refractivity contribution >= 4 is 22.7 Å². The Morgan fingerprint density at radius 2 is 1.79 bits per heavy atom. The van der Waals surface area contributed by atoms with E-state index in [1.54, 1.807) is 0 Å². The second-order valence-corrected chi connectivity index (χ2v) is 5.23. The number of ether oxygens (including phenoxy) is 2. The molecule has 0 N–H and O–H groups in total. The van der Waals surface area contributed by atoms with Crippen LogP contribution in [0.3, 0.4) is 0 Å². The summed E-state index contributed by atoms with van der Waals surface area (Å²) in [7, 11) is -2.36. The minimum Gasteiger partial charge on any atom is -0.457 e. The van der Waals surface area contributed by atoms with Crippen molar-refractivity contribution in [3.05, 3.63) is 11.0 Å². The lowest BCUT2D eigenvalue weighted by atomic mass is 10.2. The summed E-state index contributed by atoms with van der Waals surface area (Å²) < 4.78 is 58.6. The summed E-state index contributed by atoms with van der Waals surface area (Å²) in [5.41, 5.74) is 0. The van der Waals surface area contributed by atoms with Crippen molar-refractivity contribution in [1.29, 1.82) is 0 Å². The van der Waals surface area contributed by atoms with Gasteiger partial charge in [-0.2, -0.15) is 13.2 Å². The smallest absolute Gasteiger partial charge is 0.424 e. The van der Waals surface area contributed by atoms with Crippen LogP contribution in [-0.4, -0.2) is 40.3 Å². The van der Waals surface area contributed by atoms with Gasteiger partial charge in [0.05, 0.1) is 16.6 Å². The summed E-state index contributed by atoms with van der Waals surface area (Å²) in [6, 6.07) is 0. The summed E-state index contributed by atoms with van der Waals surface area (Å²) >= 11 is 0. The quantitative estimate of drug-likeness (QED) is 0.713. The van der Waals surface area contributed by atoms with Gasteiger partial charge in [0.1, 0.15) is 4.91 Å². The number of rotatable bonds is 2. The third-order valence-electron chi connectivity index (χ3n) is 2.14. The molecule has 1 heterocycles. The standard InChI is InChI=1S/C10H11F3O5S/c1-5(14)17-7-3-9(10(11,12)13)19(16)4-8(7)18-6(2)15/h3,7-8H,4H2,1-2H3/t7-,8+,19?/m1/s1. The third-order valence-corrected chi connectivity index (χ3v) is 3.63. The van der Waals surface area contributed by atoms with Gasteiger partial charge in [-0.3, -0.25) is 13.8 Å². The fourth-order valence-corrected chi connectivity index (χ4v) is 2.79. The maximum Gasteiger partial charge on any atom is 0.424 e. The van der Waals surface area contributed by atoms with E-state index in [4.69, 9.17) is 4.74 Å².